The zero-order valence-electron chi connectivity index (χ0n) is 6.90. The molecule has 8 nitrogen and oxygen atoms in total. The number of aromatic nitrogens is 2. The first-order valence-electron chi connectivity index (χ1n) is 3.25. The number of aromatic amines is 1. The van der Waals surface area contributed by atoms with Crippen LogP contribution in [0, 0.1) is 5.41 Å². The van der Waals surface area contributed by atoms with Crippen LogP contribution < -0.4 is 16.6 Å². The lowest BCUT2D eigenvalue weighted by molar-refractivity contribution is 0.259. The minimum atomic E-state index is -0.764. The Bertz CT molecular complexity index is 392. The van der Waals surface area contributed by atoms with Gasteiger partial charge in [-0.3, -0.25) is 15.1 Å². The molecule has 2 amide bonds. The molecular formula is C6H7N5O3. The molecule has 74 valence electrons. The zero-order valence-corrected chi connectivity index (χ0v) is 6.90. The average molecular weight is 197 g/mol. The maximum atomic E-state index is 10.6. The van der Waals surface area contributed by atoms with Crippen molar-refractivity contribution in [3.05, 3.63) is 22.6 Å². The van der Waals surface area contributed by atoms with E-state index >= 15 is 0 Å². The molecule has 1 heterocycles. The zero-order chi connectivity index (χ0) is 11.0. The van der Waals surface area contributed by atoms with E-state index in [1.807, 2.05) is 0 Å². The van der Waals surface area contributed by atoms with Gasteiger partial charge in [-0.15, -0.1) is 0 Å². The van der Waals surface area contributed by atoms with Crippen LogP contribution in [0.4, 0.5) is 10.7 Å². The van der Waals surface area contributed by atoms with Crippen LogP contribution in [0.3, 0.4) is 0 Å². The van der Waals surface area contributed by atoms with Crippen LogP contribution in [-0.2, 0) is 4.79 Å². The number of rotatable bonds is 1. The SMILES string of the molecule is N=C=O.NC(=O)Nc1nccc(=O)[nH]1. The van der Waals surface area contributed by atoms with Crippen molar-refractivity contribution in [3.63, 3.8) is 0 Å². The van der Waals surface area contributed by atoms with Crippen molar-refractivity contribution < 1.29 is 9.59 Å². The molecule has 0 saturated heterocycles. The Morgan fingerprint density at radius 1 is 1.71 bits per heavy atom. The second kappa shape index (κ2) is 6.09. The Morgan fingerprint density at radius 2 is 2.29 bits per heavy atom. The lowest BCUT2D eigenvalue weighted by Crippen LogP contribution is -2.22. The fourth-order valence-electron chi connectivity index (χ4n) is 0.550. The fourth-order valence-corrected chi connectivity index (χ4v) is 0.550. The van der Waals surface area contributed by atoms with Crippen molar-refractivity contribution in [2.45, 2.75) is 0 Å². The number of carbonyl (C=O) groups excluding carboxylic acids is 2. The second-order valence-corrected chi connectivity index (χ2v) is 1.87. The number of hydrogen-bond acceptors (Lipinski definition) is 5. The van der Waals surface area contributed by atoms with Gasteiger partial charge < -0.3 is 5.73 Å². The van der Waals surface area contributed by atoms with E-state index in [0.29, 0.717) is 0 Å². The summed E-state index contributed by atoms with van der Waals surface area (Å²) in [5.74, 6) is 0.0463. The third kappa shape index (κ3) is 5.22. The van der Waals surface area contributed by atoms with Gasteiger partial charge in [-0.2, -0.15) is 0 Å². The van der Waals surface area contributed by atoms with Crippen LogP contribution >= 0.6 is 0 Å². The Labute approximate surface area is 77.7 Å². The van der Waals surface area contributed by atoms with Gasteiger partial charge in [0, 0.05) is 12.3 Å². The highest BCUT2D eigenvalue weighted by Crippen LogP contribution is 1.87. The number of nitrogens with zero attached hydrogens (tertiary/aromatic N) is 1. The van der Waals surface area contributed by atoms with E-state index in [-0.39, 0.29) is 11.5 Å². The number of hydrogen-bond donors (Lipinski definition) is 4. The molecule has 1 aromatic rings. The second-order valence-electron chi connectivity index (χ2n) is 1.87. The highest BCUT2D eigenvalue weighted by molar-refractivity contribution is 5.85. The van der Waals surface area contributed by atoms with E-state index in [1.54, 1.807) is 0 Å². The molecule has 14 heavy (non-hydrogen) atoms. The van der Waals surface area contributed by atoms with Crippen LogP contribution in [0.25, 0.3) is 0 Å². The summed E-state index contributed by atoms with van der Waals surface area (Å²) < 4.78 is 0. The highest BCUT2D eigenvalue weighted by Gasteiger charge is 1.95. The minimum absolute atomic E-state index is 0.0463. The van der Waals surface area contributed by atoms with Gasteiger partial charge in [-0.25, -0.2) is 20.0 Å². The number of nitrogens with one attached hydrogen (secondary N) is 3. The van der Waals surface area contributed by atoms with E-state index in [4.69, 9.17) is 15.9 Å². The Kier molecular flexibility index (Phi) is 5.02. The first-order chi connectivity index (χ1) is 6.60. The largest absolute Gasteiger partial charge is 0.351 e. The Morgan fingerprint density at radius 3 is 2.71 bits per heavy atom. The van der Waals surface area contributed by atoms with E-state index in [1.165, 1.54) is 12.3 Å². The van der Waals surface area contributed by atoms with Gasteiger partial charge in [0.15, 0.2) is 0 Å². The molecule has 0 aliphatic carbocycles. The summed E-state index contributed by atoms with van der Waals surface area (Å²) in [6.07, 6.45) is 2.02. The maximum absolute atomic E-state index is 10.6. The minimum Gasteiger partial charge on any atom is -0.351 e. The predicted molar refractivity (Wildman–Crippen MR) is 46.5 cm³/mol. The number of nitrogens with two attached hydrogens (primary N) is 1. The van der Waals surface area contributed by atoms with Gasteiger partial charge in [0.1, 0.15) is 0 Å². The van der Waals surface area contributed by atoms with Gasteiger partial charge >= 0.3 is 6.03 Å². The van der Waals surface area contributed by atoms with Crippen LogP contribution in [0.2, 0.25) is 0 Å². The quantitative estimate of drug-likeness (QED) is 0.344. The third-order valence-corrected chi connectivity index (χ3v) is 0.913. The lowest BCUT2D eigenvalue weighted by Gasteiger charge is -1.96. The van der Waals surface area contributed by atoms with Crippen molar-refractivity contribution >= 4 is 18.1 Å². The van der Waals surface area contributed by atoms with Crippen molar-refractivity contribution in [1.29, 1.82) is 5.41 Å². The Hall–Kier alpha value is -2.47. The molecule has 0 aliphatic heterocycles. The molecule has 0 aromatic carbocycles. The molecule has 0 radical (unpaired) electrons. The van der Waals surface area contributed by atoms with Gasteiger partial charge in [-0.1, -0.05) is 0 Å². The molecule has 0 unspecified atom stereocenters. The van der Waals surface area contributed by atoms with E-state index in [2.05, 4.69) is 15.3 Å². The fraction of sp³-hybridized carbons (Fsp3) is 0. The summed E-state index contributed by atoms with van der Waals surface area (Å²) >= 11 is 0. The van der Waals surface area contributed by atoms with Crippen molar-refractivity contribution in [2.75, 3.05) is 5.32 Å². The number of urea groups is 1. The molecule has 5 N–H and O–H groups in total. The standard InChI is InChI=1S/C5H6N4O2.CHNO/c6-4(11)9-5-7-2-1-3(10)8-5;2-1-3/h1-2H,(H4,6,7,8,9,10,11);2H. The lowest BCUT2D eigenvalue weighted by atomic mass is 10.6. The third-order valence-electron chi connectivity index (χ3n) is 0.913. The molecule has 0 bridgehead atoms. The molecule has 0 aliphatic rings. The number of carbonyl (C=O) groups is 1. The number of anilines is 1. The van der Waals surface area contributed by atoms with Gasteiger partial charge in [-0.05, 0) is 0 Å². The number of H-pyrrole nitrogens is 1. The van der Waals surface area contributed by atoms with Gasteiger partial charge in [0.25, 0.3) is 5.56 Å². The van der Waals surface area contributed by atoms with Crippen molar-refractivity contribution in [2.24, 2.45) is 5.73 Å². The summed E-state index contributed by atoms with van der Waals surface area (Å²) in [6.45, 7) is 0. The van der Waals surface area contributed by atoms with E-state index in [0.717, 1.165) is 6.08 Å². The molecule has 1 aromatic heterocycles. The molecule has 0 spiro atoms. The maximum Gasteiger partial charge on any atom is 0.318 e. The molecule has 0 atom stereocenters. The topological polar surface area (TPSA) is 142 Å². The molecule has 0 fully saturated rings. The summed E-state index contributed by atoms with van der Waals surface area (Å²) in [6, 6.07) is 0.464. The molecule has 8 heteroatoms. The highest BCUT2D eigenvalue weighted by atomic mass is 16.2. The number of isocyanates is 1. The summed E-state index contributed by atoms with van der Waals surface area (Å²) in [5, 5.41) is 7.52. The Balaban J connectivity index is 0.000000500. The first kappa shape index (κ1) is 11.5. The van der Waals surface area contributed by atoms with Crippen LogP contribution in [0.5, 0.6) is 0 Å². The van der Waals surface area contributed by atoms with Crippen LogP contribution in [-0.4, -0.2) is 22.1 Å². The van der Waals surface area contributed by atoms with E-state index in [9.17, 15) is 9.59 Å². The summed E-state index contributed by atoms with van der Waals surface area (Å²) in [5.41, 5.74) is 4.42. The average Bonchev–Trinajstić information content (AvgIpc) is 2.03. The normalized spacial score (nSPS) is 7.71. The van der Waals surface area contributed by atoms with Gasteiger partial charge in [0.2, 0.25) is 12.0 Å². The molecule has 0 saturated carbocycles. The predicted octanol–water partition coefficient (Wildman–Crippen LogP) is -0.839. The summed E-state index contributed by atoms with van der Waals surface area (Å²) in [4.78, 5) is 35.0. The number of amides is 2. The monoisotopic (exact) mass is 197 g/mol. The van der Waals surface area contributed by atoms with Gasteiger partial charge in [0.05, 0.1) is 0 Å². The van der Waals surface area contributed by atoms with Crippen LogP contribution in [0.1, 0.15) is 0 Å². The van der Waals surface area contributed by atoms with Crippen LogP contribution in [0.15, 0.2) is 17.1 Å². The molecular weight excluding hydrogens is 190 g/mol. The smallest absolute Gasteiger partial charge is 0.318 e. The summed E-state index contributed by atoms with van der Waals surface area (Å²) in [7, 11) is 0. The van der Waals surface area contributed by atoms with Crippen molar-refractivity contribution in [3.8, 4) is 0 Å². The van der Waals surface area contributed by atoms with Crippen molar-refractivity contribution in [1.82, 2.24) is 9.97 Å². The molecule has 1 rings (SSSR count). The number of primary amides is 1. The van der Waals surface area contributed by atoms with E-state index < -0.39 is 6.03 Å². The first-order valence-corrected chi connectivity index (χ1v) is 3.25.